The predicted octanol–water partition coefficient (Wildman–Crippen LogP) is 1.60. The summed E-state index contributed by atoms with van der Waals surface area (Å²) >= 11 is 0. The van der Waals surface area contributed by atoms with E-state index in [1.165, 1.54) is 11.8 Å². The smallest absolute Gasteiger partial charge is 0.307 e. The Morgan fingerprint density at radius 2 is 1.77 bits per heavy atom. The fourth-order valence-electron chi connectivity index (χ4n) is 2.44. The van der Waals surface area contributed by atoms with Crippen LogP contribution in [0.2, 0.25) is 0 Å². The van der Waals surface area contributed by atoms with Gasteiger partial charge in [0.05, 0.1) is 13.0 Å². The van der Waals surface area contributed by atoms with Gasteiger partial charge in [0, 0.05) is 26.6 Å². The van der Waals surface area contributed by atoms with E-state index in [2.05, 4.69) is 5.32 Å². The Balaban J connectivity index is 2.66. The lowest BCUT2D eigenvalue weighted by molar-refractivity contribution is -0.144. The first-order valence-corrected chi connectivity index (χ1v) is 8.72. The van der Waals surface area contributed by atoms with Gasteiger partial charge in [-0.25, -0.2) is 0 Å². The number of hydrogen-bond donors (Lipinski definition) is 1. The van der Waals surface area contributed by atoms with Gasteiger partial charge in [0.25, 0.3) is 5.91 Å². The van der Waals surface area contributed by atoms with Crippen molar-refractivity contribution in [3.63, 3.8) is 0 Å². The third-order valence-electron chi connectivity index (χ3n) is 3.75. The van der Waals surface area contributed by atoms with E-state index in [-0.39, 0.29) is 37.4 Å². The van der Waals surface area contributed by atoms with E-state index in [4.69, 9.17) is 9.47 Å². The molecule has 144 valence electrons. The van der Waals surface area contributed by atoms with Gasteiger partial charge in [0.1, 0.15) is 5.75 Å². The number of ether oxygens (including phenoxy) is 2. The Hall–Kier alpha value is -2.57. The average molecular weight is 364 g/mol. The first-order chi connectivity index (χ1) is 12.3. The molecule has 1 aromatic carbocycles. The molecule has 0 radical (unpaired) electrons. The van der Waals surface area contributed by atoms with Crippen LogP contribution in [0.5, 0.6) is 5.75 Å². The second kappa shape index (κ2) is 11.1. The first kappa shape index (κ1) is 21.5. The predicted molar refractivity (Wildman–Crippen MR) is 97.9 cm³/mol. The van der Waals surface area contributed by atoms with E-state index in [1.807, 2.05) is 32.0 Å². The number of esters is 1. The fourth-order valence-corrected chi connectivity index (χ4v) is 2.44. The Morgan fingerprint density at radius 3 is 2.35 bits per heavy atom. The van der Waals surface area contributed by atoms with Crippen LogP contribution in [-0.2, 0) is 19.1 Å². The number of carbonyl (C=O) groups excluding carboxylic acids is 3. The number of amides is 2. The van der Waals surface area contributed by atoms with Crippen LogP contribution in [0.3, 0.4) is 0 Å². The zero-order valence-corrected chi connectivity index (χ0v) is 16.0. The molecule has 0 aliphatic carbocycles. The summed E-state index contributed by atoms with van der Waals surface area (Å²) in [5.41, 5.74) is 1.91. The van der Waals surface area contributed by atoms with E-state index in [0.717, 1.165) is 11.1 Å². The summed E-state index contributed by atoms with van der Waals surface area (Å²) in [4.78, 5) is 36.6. The summed E-state index contributed by atoms with van der Waals surface area (Å²) < 4.78 is 10.6. The molecule has 7 nitrogen and oxygen atoms in total. The minimum absolute atomic E-state index is 0.100. The second-order valence-electron chi connectivity index (χ2n) is 5.93. The SMILES string of the molecule is CCOC(=O)CCN(CCNC(C)=O)C(=O)COc1c(C)cccc1C. The summed E-state index contributed by atoms with van der Waals surface area (Å²) in [6.45, 7) is 7.98. The van der Waals surface area contributed by atoms with E-state index < -0.39 is 0 Å². The topological polar surface area (TPSA) is 84.9 Å². The zero-order chi connectivity index (χ0) is 19.5. The molecule has 0 unspecified atom stereocenters. The molecule has 0 saturated heterocycles. The number of para-hydroxylation sites is 1. The molecule has 1 aromatic rings. The minimum atomic E-state index is -0.361. The molecule has 2 amide bonds. The fraction of sp³-hybridized carbons (Fsp3) is 0.526. The summed E-state index contributed by atoms with van der Waals surface area (Å²) in [7, 11) is 0. The molecule has 0 aromatic heterocycles. The zero-order valence-electron chi connectivity index (χ0n) is 16.0. The van der Waals surface area contributed by atoms with Crippen LogP contribution in [0.15, 0.2) is 18.2 Å². The molecule has 0 aliphatic heterocycles. The van der Waals surface area contributed by atoms with Crippen LogP contribution in [0.4, 0.5) is 0 Å². The maximum absolute atomic E-state index is 12.5. The van der Waals surface area contributed by atoms with Gasteiger partial charge in [-0.2, -0.15) is 0 Å². The van der Waals surface area contributed by atoms with Crippen LogP contribution >= 0.6 is 0 Å². The van der Waals surface area contributed by atoms with Crippen molar-refractivity contribution in [2.24, 2.45) is 0 Å². The highest BCUT2D eigenvalue weighted by Crippen LogP contribution is 2.22. The van der Waals surface area contributed by atoms with Crippen LogP contribution in [0, 0.1) is 13.8 Å². The van der Waals surface area contributed by atoms with Crippen molar-refractivity contribution in [1.82, 2.24) is 10.2 Å². The molecular weight excluding hydrogens is 336 g/mol. The number of benzene rings is 1. The van der Waals surface area contributed by atoms with Gasteiger partial charge >= 0.3 is 5.97 Å². The van der Waals surface area contributed by atoms with Gasteiger partial charge < -0.3 is 19.7 Å². The molecule has 0 heterocycles. The lowest BCUT2D eigenvalue weighted by atomic mass is 10.1. The van der Waals surface area contributed by atoms with Gasteiger partial charge in [0.15, 0.2) is 6.61 Å². The third kappa shape index (κ3) is 7.55. The summed E-state index contributed by atoms with van der Waals surface area (Å²) in [5, 5.41) is 2.65. The number of aryl methyl sites for hydroxylation is 2. The molecule has 0 aliphatic rings. The van der Waals surface area contributed by atoms with E-state index in [0.29, 0.717) is 25.4 Å². The molecule has 26 heavy (non-hydrogen) atoms. The summed E-state index contributed by atoms with van der Waals surface area (Å²) in [6, 6.07) is 5.77. The van der Waals surface area contributed by atoms with E-state index in [9.17, 15) is 14.4 Å². The van der Waals surface area contributed by atoms with Gasteiger partial charge in [-0.1, -0.05) is 18.2 Å². The van der Waals surface area contributed by atoms with Crippen LogP contribution in [-0.4, -0.2) is 55.5 Å². The standard InChI is InChI=1S/C19H28N2O5/c1-5-25-18(24)9-11-21(12-10-20-16(4)22)17(23)13-26-19-14(2)7-6-8-15(19)3/h6-8H,5,9-13H2,1-4H3,(H,20,22). The number of nitrogens with one attached hydrogen (secondary N) is 1. The monoisotopic (exact) mass is 364 g/mol. The molecular formula is C19H28N2O5. The van der Waals surface area contributed by atoms with Crippen molar-refractivity contribution < 1.29 is 23.9 Å². The van der Waals surface area contributed by atoms with Crippen molar-refractivity contribution in [2.45, 2.75) is 34.1 Å². The van der Waals surface area contributed by atoms with Gasteiger partial charge in [0.2, 0.25) is 5.91 Å². The van der Waals surface area contributed by atoms with Crippen molar-refractivity contribution in [1.29, 1.82) is 0 Å². The van der Waals surface area contributed by atoms with Crippen LogP contribution < -0.4 is 10.1 Å². The van der Waals surface area contributed by atoms with Gasteiger partial charge in [-0.3, -0.25) is 14.4 Å². The first-order valence-electron chi connectivity index (χ1n) is 8.72. The highest BCUT2D eigenvalue weighted by Gasteiger charge is 2.17. The Labute approximate surface area is 154 Å². The third-order valence-corrected chi connectivity index (χ3v) is 3.75. The number of rotatable bonds is 10. The Bertz CT molecular complexity index is 610. The molecule has 1 N–H and O–H groups in total. The minimum Gasteiger partial charge on any atom is -0.483 e. The molecule has 0 bridgehead atoms. The van der Waals surface area contributed by atoms with Crippen molar-refractivity contribution in [3.8, 4) is 5.75 Å². The number of carbonyl (C=O) groups is 3. The molecule has 0 fully saturated rings. The largest absolute Gasteiger partial charge is 0.483 e. The maximum atomic E-state index is 12.5. The summed E-state index contributed by atoms with van der Waals surface area (Å²) in [5.74, 6) is -0.0922. The van der Waals surface area contributed by atoms with Crippen molar-refractivity contribution in [3.05, 3.63) is 29.3 Å². The number of nitrogens with zero attached hydrogens (tertiary/aromatic N) is 1. The second-order valence-corrected chi connectivity index (χ2v) is 5.93. The average Bonchev–Trinajstić information content (AvgIpc) is 2.57. The molecule has 1 rings (SSSR count). The molecule has 0 spiro atoms. The Kier molecular flexibility index (Phi) is 9.19. The lowest BCUT2D eigenvalue weighted by Gasteiger charge is -2.23. The van der Waals surface area contributed by atoms with Gasteiger partial charge in [-0.15, -0.1) is 0 Å². The van der Waals surface area contributed by atoms with E-state index >= 15 is 0 Å². The van der Waals surface area contributed by atoms with Crippen molar-refractivity contribution in [2.75, 3.05) is 32.8 Å². The maximum Gasteiger partial charge on any atom is 0.307 e. The molecule has 0 atom stereocenters. The number of hydrogen-bond acceptors (Lipinski definition) is 5. The quantitative estimate of drug-likeness (QED) is 0.638. The highest BCUT2D eigenvalue weighted by atomic mass is 16.5. The van der Waals surface area contributed by atoms with Crippen molar-refractivity contribution >= 4 is 17.8 Å². The van der Waals surface area contributed by atoms with Gasteiger partial charge in [-0.05, 0) is 31.9 Å². The Morgan fingerprint density at radius 1 is 1.12 bits per heavy atom. The highest BCUT2D eigenvalue weighted by molar-refractivity contribution is 5.79. The molecule has 0 saturated carbocycles. The van der Waals surface area contributed by atoms with Crippen LogP contribution in [0.1, 0.15) is 31.4 Å². The van der Waals surface area contributed by atoms with E-state index in [1.54, 1.807) is 6.92 Å². The summed E-state index contributed by atoms with van der Waals surface area (Å²) in [6.07, 6.45) is 0.100. The molecule has 7 heteroatoms. The van der Waals surface area contributed by atoms with Crippen LogP contribution in [0.25, 0.3) is 0 Å². The normalized spacial score (nSPS) is 10.2. The lowest BCUT2D eigenvalue weighted by Crippen LogP contribution is -2.41.